The lowest BCUT2D eigenvalue weighted by Gasteiger charge is -2.17. The summed E-state index contributed by atoms with van der Waals surface area (Å²) in [6, 6.07) is 14.1. The highest BCUT2D eigenvalue weighted by molar-refractivity contribution is 8.03. The molecule has 0 amide bonds. The zero-order valence-corrected chi connectivity index (χ0v) is 18.8. The molecular weight excluding hydrogens is 525 g/mol. The number of nitro benzene ring substituents is 1. The van der Waals surface area contributed by atoms with Gasteiger partial charge in [-0.1, -0.05) is 22.4 Å². The van der Waals surface area contributed by atoms with Crippen molar-refractivity contribution in [1.29, 1.82) is 0 Å². The molecule has 0 saturated heterocycles. The molecule has 0 aromatic heterocycles. The molecule has 1 unspecified atom stereocenters. The molecule has 0 fully saturated rings. The number of benzene rings is 3. The number of nitrogens with zero attached hydrogens (tertiary/aromatic N) is 1. The average Bonchev–Trinajstić information content (AvgIpc) is 2.81. The molecule has 5 nitrogen and oxygen atoms in total. The van der Waals surface area contributed by atoms with E-state index in [1.54, 1.807) is 30.5 Å². The minimum Gasteiger partial charge on any atom is -0.445 e. The zero-order valence-electron chi connectivity index (χ0n) is 18.0. The Morgan fingerprint density at radius 3 is 1.69 bits per heavy atom. The number of nitro groups is 1. The van der Waals surface area contributed by atoms with Crippen LogP contribution in [0.5, 0.6) is 0 Å². The maximum absolute atomic E-state index is 12.6. The summed E-state index contributed by atoms with van der Waals surface area (Å²) in [5.41, 5.74) is -2.48. The van der Waals surface area contributed by atoms with E-state index in [-0.39, 0.29) is 17.2 Å². The van der Waals surface area contributed by atoms with Gasteiger partial charge >= 0.3 is 6.98 Å². The lowest BCUT2D eigenvalue weighted by Crippen LogP contribution is -2.41. The number of Topliss-reactive ketones (excluding diaryl/α,β-unsaturated/α-hetero) is 1. The van der Waals surface area contributed by atoms with E-state index in [1.165, 1.54) is 24.3 Å². The minimum atomic E-state index is -6.30. The topological polar surface area (TPSA) is 77.3 Å². The van der Waals surface area contributed by atoms with Gasteiger partial charge in [0.1, 0.15) is 27.8 Å². The second kappa shape index (κ2) is 11.0. The third-order valence-corrected chi connectivity index (χ3v) is 6.70. The lowest BCUT2D eigenvalue weighted by atomic mass is 9.79. The molecular formula is C21H14BF8NO4S. The number of ketones is 1. The highest BCUT2D eigenvalue weighted by Gasteiger charge is 2.38. The summed E-state index contributed by atoms with van der Waals surface area (Å²) in [4.78, 5) is 22.8. The first-order valence-electron chi connectivity index (χ1n) is 9.58. The fourth-order valence-electron chi connectivity index (χ4n) is 2.80. The predicted octanol–water partition coefficient (Wildman–Crippen LogP) is 5.40. The molecule has 0 aliphatic heterocycles. The Labute approximate surface area is 199 Å². The second-order valence-corrected chi connectivity index (χ2v) is 10.0. The molecule has 1 atom stereocenters. The molecule has 36 heavy (non-hydrogen) atoms. The van der Waals surface area contributed by atoms with Crippen molar-refractivity contribution in [3.05, 3.63) is 99.4 Å². The van der Waals surface area contributed by atoms with E-state index in [4.69, 9.17) is 0 Å². The number of carbonyl (C=O) groups is 1. The van der Waals surface area contributed by atoms with Gasteiger partial charge in [0.15, 0.2) is 28.1 Å². The average molecular weight is 539 g/mol. The van der Waals surface area contributed by atoms with Crippen LogP contribution in [0.25, 0.3) is 0 Å². The van der Waals surface area contributed by atoms with Crippen LogP contribution in [0.3, 0.4) is 0 Å². The number of hydrogen-bond donors (Lipinski definition) is 0. The van der Waals surface area contributed by atoms with Gasteiger partial charge < -0.3 is 12.9 Å². The van der Waals surface area contributed by atoms with E-state index in [0.29, 0.717) is 10.5 Å². The SMILES string of the molecule is C[S+](=O)(CC(=O)c1ccc([N+](=O)[O-])cc1)c1ccccc1.Fc1c(F)c(F)c([B-](F)(F)F)c(F)c1F. The van der Waals surface area contributed by atoms with E-state index in [1.807, 2.05) is 6.07 Å². The maximum Gasteiger partial charge on any atom is 0.515 e. The van der Waals surface area contributed by atoms with Gasteiger partial charge in [0.2, 0.25) is 5.78 Å². The van der Waals surface area contributed by atoms with Gasteiger partial charge in [-0.25, -0.2) is 22.0 Å². The van der Waals surface area contributed by atoms with Crippen molar-refractivity contribution >= 4 is 33.8 Å². The van der Waals surface area contributed by atoms with Crippen molar-refractivity contribution in [2.45, 2.75) is 4.90 Å². The van der Waals surface area contributed by atoms with E-state index in [9.17, 15) is 54.0 Å². The Bertz CT molecular complexity index is 1310. The quantitative estimate of drug-likeness (QED) is 0.0615. The zero-order chi connectivity index (χ0) is 27.4. The number of rotatable bonds is 6. The van der Waals surface area contributed by atoms with Crippen LogP contribution >= 0.6 is 0 Å². The Morgan fingerprint density at radius 1 is 0.833 bits per heavy atom. The van der Waals surface area contributed by atoms with Crippen LogP contribution in [0.2, 0.25) is 0 Å². The van der Waals surface area contributed by atoms with Gasteiger partial charge in [-0.2, -0.15) is 0 Å². The van der Waals surface area contributed by atoms with Crippen LogP contribution in [-0.2, 0) is 14.1 Å². The lowest BCUT2D eigenvalue weighted by molar-refractivity contribution is -0.384. The van der Waals surface area contributed by atoms with Gasteiger partial charge in [0.05, 0.1) is 4.92 Å². The molecule has 0 spiro atoms. The molecule has 192 valence electrons. The number of non-ortho nitro benzene ring substituents is 1. The van der Waals surface area contributed by atoms with Crippen molar-refractivity contribution in [3.63, 3.8) is 0 Å². The second-order valence-electron chi connectivity index (χ2n) is 7.25. The van der Waals surface area contributed by atoms with Crippen LogP contribution in [0.1, 0.15) is 10.4 Å². The summed E-state index contributed by atoms with van der Waals surface area (Å²) in [7, 11) is -2.47. The summed E-state index contributed by atoms with van der Waals surface area (Å²) in [5, 5.41) is 10.6. The van der Waals surface area contributed by atoms with Crippen LogP contribution in [-0.4, -0.2) is 29.7 Å². The van der Waals surface area contributed by atoms with Crippen LogP contribution in [0, 0.1) is 39.2 Å². The van der Waals surface area contributed by atoms with Crippen molar-refractivity contribution in [1.82, 2.24) is 0 Å². The molecule has 0 aliphatic carbocycles. The van der Waals surface area contributed by atoms with Gasteiger partial charge in [-0.15, -0.1) is 0 Å². The van der Waals surface area contributed by atoms with Crippen LogP contribution in [0.4, 0.5) is 40.6 Å². The maximum atomic E-state index is 12.6. The molecule has 0 radical (unpaired) electrons. The van der Waals surface area contributed by atoms with Crippen LogP contribution < -0.4 is 5.46 Å². The van der Waals surface area contributed by atoms with Gasteiger partial charge in [-0.05, 0) is 29.7 Å². The van der Waals surface area contributed by atoms with E-state index < -0.39 is 56.4 Å². The summed E-state index contributed by atoms with van der Waals surface area (Å²) in [5.74, 6) is -14.0. The third-order valence-electron chi connectivity index (χ3n) is 4.62. The molecule has 0 aliphatic rings. The fraction of sp³-hybridized carbons (Fsp3) is 0.0952. The Morgan fingerprint density at radius 2 is 1.28 bits per heavy atom. The fourth-order valence-corrected chi connectivity index (χ4v) is 4.37. The standard InChI is InChI=1S/C15H14NO4S.C6BF8/c1-21(20,14-5-3-2-4-6-14)11-15(17)12-7-9-13(10-8-12)16(18)19;8-2-1(7(13,14)15)3(9)5(11)6(12)4(2)10/h2-10H,11H2,1H3;/q+1;-1. The number of hydrogen-bond acceptors (Lipinski definition) is 4. The number of halogens is 8. The van der Waals surface area contributed by atoms with Crippen LogP contribution in [0.15, 0.2) is 59.5 Å². The molecule has 3 aromatic rings. The van der Waals surface area contributed by atoms with Crippen molar-refractivity contribution < 1.29 is 48.8 Å². The third kappa shape index (κ3) is 6.53. The van der Waals surface area contributed by atoms with E-state index >= 15 is 0 Å². The minimum absolute atomic E-state index is 0.0770. The number of carbonyl (C=O) groups excluding carboxylic acids is 1. The first-order chi connectivity index (χ1) is 16.6. The van der Waals surface area contributed by atoms with E-state index in [2.05, 4.69) is 0 Å². The summed E-state index contributed by atoms with van der Waals surface area (Å²) in [6.45, 7) is -6.30. The van der Waals surface area contributed by atoms with Crippen molar-refractivity contribution in [3.8, 4) is 0 Å². The molecule has 3 aromatic carbocycles. The highest BCUT2D eigenvalue weighted by atomic mass is 32.2. The Balaban J connectivity index is 0.000000269. The first-order valence-corrected chi connectivity index (χ1v) is 11.7. The summed E-state index contributed by atoms with van der Waals surface area (Å²) in [6.07, 6.45) is 1.55. The predicted molar refractivity (Wildman–Crippen MR) is 116 cm³/mol. The van der Waals surface area contributed by atoms with Gasteiger partial charge in [0.25, 0.3) is 5.69 Å². The molecule has 3 rings (SSSR count). The van der Waals surface area contributed by atoms with Crippen molar-refractivity contribution in [2.24, 2.45) is 0 Å². The first kappa shape index (κ1) is 28.6. The normalized spacial score (nSPS) is 12.8. The molecule has 0 saturated carbocycles. The van der Waals surface area contributed by atoms with Gasteiger partial charge in [0, 0.05) is 17.7 Å². The molecule has 0 heterocycles. The van der Waals surface area contributed by atoms with Crippen molar-refractivity contribution in [2.75, 3.05) is 12.0 Å². The molecule has 15 heteroatoms. The largest absolute Gasteiger partial charge is 0.515 e. The monoisotopic (exact) mass is 539 g/mol. The summed E-state index contributed by atoms with van der Waals surface area (Å²) < 4.78 is 110. The smallest absolute Gasteiger partial charge is 0.445 e. The Hall–Kier alpha value is -3.62. The molecule has 0 N–H and O–H groups in total. The van der Waals surface area contributed by atoms with Gasteiger partial charge in [-0.3, -0.25) is 14.9 Å². The summed E-state index contributed by atoms with van der Waals surface area (Å²) >= 11 is 0. The molecule has 0 bridgehead atoms. The van der Waals surface area contributed by atoms with E-state index in [0.717, 1.165) is 0 Å². The Kier molecular flexibility index (Phi) is 8.72. The highest BCUT2D eigenvalue weighted by Crippen LogP contribution is 2.22.